The van der Waals surface area contributed by atoms with Crippen LogP contribution in [0.1, 0.15) is 50.7 Å². The van der Waals surface area contributed by atoms with Crippen molar-refractivity contribution in [1.82, 2.24) is 13.9 Å². The molecule has 10 heteroatoms. The summed E-state index contributed by atoms with van der Waals surface area (Å²) >= 11 is 1.58. The first-order valence-electron chi connectivity index (χ1n) is 12.3. The second-order valence-electron chi connectivity index (χ2n) is 8.97. The summed E-state index contributed by atoms with van der Waals surface area (Å²) in [6.07, 6.45) is 2.13. The zero-order chi connectivity index (χ0) is 25.9. The lowest BCUT2D eigenvalue weighted by molar-refractivity contribution is -0.138. The number of ether oxygens (including phenoxy) is 1. The van der Waals surface area contributed by atoms with Crippen molar-refractivity contribution in [1.29, 1.82) is 0 Å². The zero-order valence-corrected chi connectivity index (χ0v) is 22.5. The average Bonchev–Trinajstić information content (AvgIpc) is 3.51. The Balaban J connectivity index is 1.63. The van der Waals surface area contributed by atoms with Crippen molar-refractivity contribution in [3.05, 3.63) is 53.6 Å². The third-order valence-corrected chi connectivity index (χ3v) is 9.75. The van der Waals surface area contributed by atoms with Gasteiger partial charge in [0, 0.05) is 25.4 Å². The lowest BCUT2D eigenvalue weighted by Crippen LogP contribution is -2.30. The molecule has 0 spiro atoms. The summed E-state index contributed by atoms with van der Waals surface area (Å²) in [5, 5.41) is 10.0. The number of sulfonamides is 1. The van der Waals surface area contributed by atoms with E-state index in [0.29, 0.717) is 30.9 Å². The standard InChI is InChI=1S/C26H33N3O5S2/c1-4-28(5-2)36(32,33)22-12-13-24-23(15-22)27-26(29(24)16-21-7-6-14-34-21)35-17-19-8-10-20(11-9-19)18(3)25(30)31/h8-13,15,18,21H,4-7,14,16-17H2,1-3H3,(H,30,31)/t18-,21+/m0/s1. The van der Waals surface area contributed by atoms with Gasteiger partial charge in [0.05, 0.1) is 34.5 Å². The lowest BCUT2D eigenvalue weighted by atomic mass is 10.0. The number of carboxylic acids is 1. The number of rotatable bonds is 11. The van der Waals surface area contributed by atoms with Gasteiger partial charge in [0.25, 0.3) is 0 Å². The second-order valence-corrected chi connectivity index (χ2v) is 11.9. The topological polar surface area (TPSA) is 102 Å². The average molecular weight is 532 g/mol. The maximum atomic E-state index is 13.1. The highest BCUT2D eigenvalue weighted by Crippen LogP contribution is 2.31. The minimum absolute atomic E-state index is 0.109. The molecule has 4 rings (SSSR count). The lowest BCUT2D eigenvalue weighted by Gasteiger charge is -2.18. The quantitative estimate of drug-likeness (QED) is 0.357. The van der Waals surface area contributed by atoms with Crippen LogP contribution in [0.3, 0.4) is 0 Å². The minimum atomic E-state index is -3.58. The molecule has 2 heterocycles. The van der Waals surface area contributed by atoms with Crippen LogP contribution >= 0.6 is 11.8 Å². The molecule has 1 N–H and O–H groups in total. The second kappa shape index (κ2) is 11.3. The Bertz CT molecular complexity index is 1310. The number of carboxylic acid groups (broad SMARTS) is 1. The van der Waals surface area contributed by atoms with E-state index in [2.05, 4.69) is 4.57 Å². The molecular weight excluding hydrogens is 498 g/mol. The molecule has 1 saturated heterocycles. The molecule has 2 atom stereocenters. The van der Waals surface area contributed by atoms with Gasteiger partial charge in [0.2, 0.25) is 10.0 Å². The molecule has 0 aliphatic carbocycles. The Hall–Kier alpha value is -2.40. The molecule has 1 aliphatic rings. The molecule has 1 fully saturated rings. The number of fused-ring (bicyclic) bond motifs is 1. The van der Waals surface area contributed by atoms with Crippen LogP contribution in [-0.2, 0) is 31.9 Å². The van der Waals surface area contributed by atoms with Crippen molar-refractivity contribution in [3.8, 4) is 0 Å². The van der Waals surface area contributed by atoms with Gasteiger partial charge in [-0.3, -0.25) is 4.79 Å². The Morgan fingerprint density at radius 1 is 1.22 bits per heavy atom. The van der Waals surface area contributed by atoms with Crippen LogP contribution < -0.4 is 0 Å². The fourth-order valence-electron chi connectivity index (χ4n) is 4.43. The van der Waals surface area contributed by atoms with E-state index in [1.54, 1.807) is 30.8 Å². The van der Waals surface area contributed by atoms with E-state index in [9.17, 15) is 18.3 Å². The van der Waals surface area contributed by atoms with Crippen molar-refractivity contribution in [2.45, 2.75) is 68.0 Å². The first kappa shape index (κ1) is 26.7. The third-order valence-electron chi connectivity index (χ3n) is 6.66. The van der Waals surface area contributed by atoms with Crippen LogP contribution in [0.4, 0.5) is 0 Å². The number of thioether (sulfide) groups is 1. The van der Waals surface area contributed by atoms with E-state index >= 15 is 0 Å². The summed E-state index contributed by atoms with van der Waals surface area (Å²) in [7, 11) is -3.58. The molecule has 8 nitrogen and oxygen atoms in total. The van der Waals surface area contributed by atoms with Crippen molar-refractivity contribution in [2.24, 2.45) is 0 Å². The fraction of sp³-hybridized carbons (Fsp3) is 0.462. The first-order valence-corrected chi connectivity index (χ1v) is 14.7. The van der Waals surface area contributed by atoms with E-state index in [1.807, 2.05) is 44.2 Å². The molecule has 36 heavy (non-hydrogen) atoms. The number of aliphatic carboxylic acids is 1. The van der Waals surface area contributed by atoms with E-state index in [-0.39, 0.29) is 11.0 Å². The van der Waals surface area contributed by atoms with E-state index in [0.717, 1.165) is 41.2 Å². The highest BCUT2D eigenvalue weighted by atomic mass is 32.2. The summed E-state index contributed by atoms with van der Waals surface area (Å²) in [6.45, 7) is 7.58. The predicted molar refractivity (Wildman–Crippen MR) is 141 cm³/mol. The Morgan fingerprint density at radius 2 is 1.94 bits per heavy atom. The SMILES string of the molecule is CCN(CC)S(=O)(=O)c1ccc2c(c1)nc(SCc1ccc([C@H](C)C(=O)O)cc1)n2C[C@H]1CCCO1. The fourth-order valence-corrected chi connectivity index (χ4v) is 6.89. The van der Waals surface area contributed by atoms with E-state index < -0.39 is 21.9 Å². The van der Waals surface area contributed by atoms with Crippen LogP contribution in [0.5, 0.6) is 0 Å². The van der Waals surface area contributed by atoms with Crippen LogP contribution in [0.2, 0.25) is 0 Å². The maximum Gasteiger partial charge on any atom is 0.310 e. The number of hydrogen-bond donors (Lipinski definition) is 1. The Labute approximate surface area is 216 Å². The molecule has 1 aliphatic heterocycles. The molecule has 1 aromatic heterocycles. The largest absolute Gasteiger partial charge is 0.481 e. The van der Waals surface area contributed by atoms with Gasteiger partial charge in [-0.2, -0.15) is 4.31 Å². The number of carbonyl (C=O) groups is 1. The molecule has 3 aromatic rings. The van der Waals surface area contributed by atoms with Crippen molar-refractivity contribution in [2.75, 3.05) is 19.7 Å². The van der Waals surface area contributed by atoms with Gasteiger partial charge in [-0.1, -0.05) is 49.9 Å². The summed E-state index contributed by atoms with van der Waals surface area (Å²) in [6, 6.07) is 12.8. The molecule has 2 aromatic carbocycles. The van der Waals surface area contributed by atoms with E-state index in [1.165, 1.54) is 4.31 Å². The number of aromatic nitrogens is 2. The number of imidazole rings is 1. The predicted octanol–water partition coefficient (Wildman–Crippen LogP) is 4.73. The molecule has 0 bridgehead atoms. The Morgan fingerprint density at radius 3 is 2.56 bits per heavy atom. The Kier molecular flexibility index (Phi) is 8.39. The van der Waals surface area contributed by atoms with Gasteiger partial charge < -0.3 is 14.4 Å². The van der Waals surface area contributed by atoms with Crippen LogP contribution in [0.15, 0.2) is 52.5 Å². The molecule has 0 radical (unpaired) electrons. The summed E-state index contributed by atoms with van der Waals surface area (Å²) < 4.78 is 35.6. The number of nitrogens with zero attached hydrogens (tertiary/aromatic N) is 3. The summed E-state index contributed by atoms with van der Waals surface area (Å²) in [5.74, 6) is -0.743. The van der Waals surface area contributed by atoms with Gasteiger partial charge in [0.15, 0.2) is 5.16 Å². The van der Waals surface area contributed by atoms with Crippen molar-refractivity contribution < 1.29 is 23.1 Å². The van der Waals surface area contributed by atoms with Crippen molar-refractivity contribution >= 4 is 38.8 Å². The van der Waals surface area contributed by atoms with Gasteiger partial charge in [-0.15, -0.1) is 0 Å². The maximum absolute atomic E-state index is 13.1. The molecule has 0 unspecified atom stereocenters. The number of benzene rings is 2. The number of hydrogen-bond acceptors (Lipinski definition) is 6. The van der Waals surface area contributed by atoms with Crippen molar-refractivity contribution in [3.63, 3.8) is 0 Å². The summed E-state index contributed by atoms with van der Waals surface area (Å²) in [4.78, 5) is 16.3. The normalized spacial score (nSPS) is 17.2. The first-order chi connectivity index (χ1) is 17.2. The van der Waals surface area contributed by atoms with Gasteiger partial charge in [-0.05, 0) is 49.1 Å². The summed E-state index contributed by atoms with van der Waals surface area (Å²) in [5.41, 5.74) is 3.36. The molecule has 194 valence electrons. The monoisotopic (exact) mass is 531 g/mol. The third kappa shape index (κ3) is 5.61. The van der Waals surface area contributed by atoms with Crippen LogP contribution in [0, 0.1) is 0 Å². The smallest absolute Gasteiger partial charge is 0.310 e. The molecule has 0 saturated carbocycles. The highest BCUT2D eigenvalue weighted by Gasteiger charge is 2.25. The van der Waals surface area contributed by atoms with Crippen LogP contribution in [0.25, 0.3) is 11.0 Å². The van der Waals surface area contributed by atoms with E-state index in [4.69, 9.17) is 9.72 Å². The molecular formula is C26H33N3O5S2. The van der Waals surface area contributed by atoms with Gasteiger partial charge in [-0.25, -0.2) is 13.4 Å². The van der Waals surface area contributed by atoms with Gasteiger partial charge in [0.1, 0.15) is 0 Å². The minimum Gasteiger partial charge on any atom is -0.481 e. The van der Waals surface area contributed by atoms with Gasteiger partial charge >= 0.3 is 5.97 Å². The zero-order valence-electron chi connectivity index (χ0n) is 20.9. The van der Waals surface area contributed by atoms with Crippen LogP contribution in [-0.4, -0.2) is 59.2 Å². The highest BCUT2D eigenvalue weighted by molar-refractivity contribution is 7.98. The molecule has 0 amide bonds.